The van der Waals surface area contributed by atoms with Crippen LogP contribution in [0.2, 0.25) is 0 Å². The van der Waals surface area contributed by atoms with Crippen molar-refractivity contribution in [1.82, 2.24) is 0 Å². The molecule has 0 atom stereocenters. The van der Waals surface area contributed by atoms with E-state index in [9.17, 15) is 79.0 Å². The van der Waals surface area contributed by atoms with Crippen LogP contribution in [0.1, 0.15) is 33.4 Å². The summed E-state index contributed by atoms with van der Waals surface area (Å²) in [4.78, 5) is 0. The van der Waals surface area contributed by atoms with Gasteiger partial charge in [-0.1, -0.05) is 36.4 Å². The Morgan fingerprint density at radius 3 is 0.849 bits per heavy atom. The van der Waals surface area contributed by atoms with Crippen LogP contribution in [0.5, 0.6) is 0 Å². The Balaban J connectivity index is 1.88. The molecule has 0 bridgehead atoms. The minimum absolute atomic E-state index is 0.132. The van der Waals surface area contributed by atoms with Crippen molar-refractivity contribution in [3.05, 3.63) is 105 Å². The molecule has 5 aromatic rings. The van der Waals surface area contributed by atoms with E-state index in [0.717, 1.165) is 36.4 Å². The highest BCUT2D eigenvalue weighted by molar-refractivity contribution is 7.41. The largest absolute Gasteiger partial charge is 0.416 e. The molecule has 0 aliphatic rings. The summed E-state index contributed by atoms with van der Waals surface area (Å²) in [6, 6.07) is 3.76. The molecule has 0 amide bonds. The van der Waals surface area contributed by atoms with Crippen molar-refractivity contribution in [2.75, 3.05) is 0 Å². The molecule has 53 heavy (non-hydrogen) atoms. The number of hydrogen-bond acceptors (Lipinski definition) is 3. The molecule has 0 spiro atoms. The zero-order valence-electron chi connectivity index (χ0n) is 25.1. The van der Waals surface area contributed by atoms with E-state index in [1.165, 1.54) is 10.8 Å². The summed E-state index contributed by atoms with van der Waals surface area (Å²) in [5.74, 6) is 0. The van der Waals surface area contributed by atoms with Crippen molar-refractivity contribution in [1.29, 1.82) is 0 Å². The van der Waals surface area contributed by atoms with Crippen LogP contribution < -0.4 is 30.0 Å². The van der Waals surface area contributed by atoms with Gasteiger partial charge in [-0.25, -0.2) is 0 Å². The van der Waals surface area contributed by atoms with Crippen LogP contribution in [-0.2, 0) is 37.1 Å². The van der Waals surface area contributed by atoms with E-state index in [0.29, 0.717) is 22.7 Å². The fourth-order valence-corrected chi connectivity index (χ4v) is 8.76. The second-order valence-corrected chi connectivity index (χ2v) is 14.2. The molecular formula is C30H12B2F18S3. The first-order valence-corrected chi connectivity index (χ1v) is 16.6. The molecule has 0 nitrogen and oxygen atoms in total. The molecule has 3 aromatic heterocycles. The lowest BCUT2D eigenvalue weighted by molar-refractivity contribution is -0.149. The van der Waals surface area contributed by atoms with Crippen molar-refractivity contribution in [3.63, 3.8) is 0 Å². The van der Waals surface area contributed by atoms with Crippen LogP contribution in [0.4, 0.5) is 79.0 Å². The lowest BCUT2D eigenvalue weighted by Gasteiger charge is -2.25. The quantitative estimate of drug-likeness (QED) is 0.119. The monoisotopic (exact) mass is 832 g/mol. The average Bonchev–Trinajstić information content (AvgIpc) is 3.79. The van der Waals surface area contributed by atoms with E-state index in [-0.39, 0.29) is 20.9 Å². The Hall–Kier alpha value is -3.59. The van der Waals surface area contributed by atoms with Gasteiger partial charge in [0.15, 0.2) is 0 Å². The molecule has 282 valence electrons. The summed E-state index contributed by atoms with van der Waals surface area (Å²) >= 11 is 1.22. The van der Waals surface area contributed by atoms with E-state index >= 15 is 0 Å². The van der Waals surface area contributed by atoms with E-state index < -0.39 is 129 Å². The van der Waals surface area contributed by atoms with E-state index in [4.69, 9.17) is 0 Å². The third-order valence-electron chi connectivity index (χ3n) is 7.69. The van der Waals surface area contributed by atoms with Gasteiger partial charge < -0.3 is 0 Å². The first-order chi connectivity index (χ1) is 24.1. The average molecular weight is 832 g/mol. The van der Waals surface area contributed by atoms with Gasteiger partial charge in [0.1, 0.15) is 0 Å². The van der Waals surface area contributed by atoms with Crippen molar-refractivity contribution in [3.8, 4) is 0 Å². The maximum absolute atomic E-state index is 14.5. The van der Waals surface area contributed by atoms with Crippen molar-refractivity contribution < 1.29 is 79.0 Å². The fourth-order valence-electron chi connectivity index (χ4n) is 5.63. The normalized spacial score (nSPS) is 13.5. The number of alkyl halides is 18. The number of hydrogen-bond donors (Lipinski definition) is 0. The van der Waals surface area contributed by atoms with Crippen LogP contribution in [0.25, 0.3) is 0 Å². The van der Waals surface area contributed by atoms with Crippen LogP contribution in [0.15, 0.2) is 71.4 Å². The van der Waals surface area contributed by atoms with E-state index in [1.807, 2.05) is 0 Å². The van der Waals surface area contributed by atoms with Gasteiger partial charge in [-0.3, -0.25) is 0 Å². The molecule has 0 fully saturated rings. The van der Waals surface area contributed by atoms with Gasteiger partial charge in [-0.2, -0.15) is 113 Å². The zero-order valence-corrected chi connectivity index (χ0v) is 27.6. The highest BCUT2D eigenvalue weighted by Crippen LogP contribution is 2.42. The van der Waals surface area contributed by atoms with Crippen molar-refractivity contribution in [2.24, 2.45) is 0 Å². The smallest absolute Gasteiger partial charge is 0.166 e. The van der Waals surface area contributed by atoms with Gasteiger partial charge in [-0.05, 0) is 65.1 Å². The van der Waals surface area contributed by atoms with Gasteiger partial charge in [0.2, 0.25) is 0 Å². The van der Waals surface area contributed by atoms with E-state index in [1.54, 1.807) is 0 Å². The molecule has 2 aromatic carbocycles. The molecule has 5 rings (SSSR count). The van der Waals surface area contributed by atoms with Crippen LogP contribution >= 0.6 is 34.0 Å². The Kier molecular flexibility index (Phi) is 10.4. The van der Waals surface area contributed by atoms with Gasteiger partial charge in [0.05, 0.1) is 33.4 Å². The maximum atomic E-state index is 14.5. The fraction of sp³-hybridized carbons (Fsp3) is 0.200. The third kappa shape index (κ3) is 8.40. The Morgan fingerprint density at radius 2 is 0.642 bits per heavy atom. The molecule has 23 heteroatoms. The molecule has 3 heterocycles. The second kappa shape index (κ2) is 13.6. The van der Waals surface area contributed by atoms with Gasteiger partial charge >= 0.3 is 37.1 Å². The summed E-state index contributed by atoms with van der Waals surface area (Å²) in [6.07, 6.45) is -34.9. The number of benzene rings is 2. The van der Waals surface area contributed by atoms with Gasteiger partial charge in [0, 0.05) is 0 Å². The second-order valence-electron chi connectivity index (χ2n) is 11.1. The number of thiophene rings is 3. The van der Waals surface area contributed by atoms with E-state index in [2.05, 4.69) is 0 Å². The van der Waals surface area contributed by atoms with Crippen LogP contribution in [0, 0.1) is 0 Å². The first-order valence-electron chi connectivity index (χ1n) is 14.1. The summed E-state index contributed by atoms with van der Waals surface area (Å²) in [6.45, 7) is -4.49. The standard InChI is InChI=1S/C30H12B2F18S3/c33-25(34,35)13-9-15(27(39,40)41)23(16(10-13)28(42,43)44)31(19-3-1-7-51-19)21-5-6-22(53-21)32(20-4-2-8-52-20)24-17(29(45,46)47)11-14(26(36,37)38)12-18(24)30(48,49)50/h1-12H. The summed E-state index contributed by atoms with van der Waals surface area (Å²) in [5, 5.41) is 2.37. The molecule has 0 saturated heterocycles. The summed E-state index contributed by atoms with van der Waals surface area (Å²) in [7, 11) is 0. The van der Waals surface area contributed by atoms with Crippen LogP contribution in [0.3, 0.4) is 0 Å². The molecule has 0 radical (unpaired) electrons. The summed E-state index contributed by atoms with van der Waals surface area (Å²) in [5.41, 5.74) is -17.6. The summed E-state index contributed by atoms with van der Waals surface area (Å²) < 4.78 is 253. The Labute approximate surface area is 297 Å². The topological polar surface area (TPSA) is 0 Å². The SMILES string of the molecule is FC(F)(F)c1cc(C(F)(F)F)c(B(c2cccs2)c2ccc(B(c3cccs3)c3c(C(F)(F)F)cc(C(F)(F)F)cc3C(F)(F)F)s2)c(C(F)(F)F)c1. The lowest BCUT2D eigenvalue weighted by Crippen LogP contribution is -2.56. The number of rotatable bonds is 6. The predicted octanol–water partition coefficient (Wildman–Crippen LogP) is 9.02. The van der Waals surface area contributed by atoms with Gasteiger partial charge in [-0.15, -0.1) is 0 Å². The van der Waals surface area contributed by atoms with Crippen molar-refractivity contribution in [2.45, 2.75) is 37.1 Å². The molecule has 0 aliphatic carbocycles. The first kappa shape index (κ1) is 40.6. The number of halogens is 18. The minimum Gasteiger partial charge on any atom is -0.166 e. The highest BCUT2D eigenvalue weighted by atomic mass is 32.1. The predicted molar refractivity (Wildman–Crippen MR) is 165 cm³/mol. The third-order valence-corrected chi connectivity index (χ3v) is 10.8. The highest BCUT2D eigenvalue weighted by Gasteiger charge is 2.50. The molecule has 0 saturated carbocycles. The maximum Gasteiger partial charge on any atom is 0.416 e. The molecule has 0 aliphatic heterocycles. The van der Waals surface area contributed by atoms with Crippen LogP contribution in [-0.4, -0.2) is 13.4 Å². The molecular weight excluding hydrogens is 820 g/mol. The molecule has 0 unspecified atom stereocenters. The lowest BCUT2D eigenvalue weighted by atomic mass is 9.40. The Morgan fingerprint density at radius 1 is 0.358 bits per heavy atom. The zero-order chi connectivity index (χ0) is 39.7. The molecule has 0 N–H and O–H groups in total. The minimum atomic E-state index is -5.87. The van der Waals surface area contributed by atoms with Gasteiger partial charge in [0.25, 0.3) is 13.4 Å². The Bertz CT molecular complexity index is 1850. The van der Waals surface area contributed by atoms with Crippen molar-refractivity contribution >= 4 is 77.5 Å².